The molecule has 2 aromatic carbocycles. The van der Waals surface area contributed by atoms with Crippen molar-refractivity contribution >= 4 is 11.6 Å². The van der Waals surface area contributed by atoms with Crippen molar-refractivity contribution in [2.24, 2.45) is 5.10 Å². The molecule has 5 nitrogen and oxygen atoms in total. The highest BCUT2D eigenvalue weighted by Gasteiger charge is 2.34. The third-order valence-corrected chi connectivity index (χ3v) is 6.14. The number of ether oxygens (including phenoxy) is 1. The molecular formula is C25H31N3O2. The summed E-state index contributed by atoms with van der Waals surface area (Å²) in [7, 11) is 1.67. The molecule has 1 fully saturated rings. The molecule has 0 aliphatic carbocycles. The molecule has 1 saturated heterocycles. The van der Waals surface area contributed by atoms with Gasteiger partial charge in [0, 0.05) is 12.0 Å². The van der Waals surface area contributed by atoms with Crippen LogP contribution in [-0.2, 0) is 4.79 Å². The van der Waals surface area contributed by atoms with Crippen LogP contribution in [0.4, 0.5) is 0 Å². The molecule has 1 amide bonds. The lowest BCUT2D eigenvalue weighted by atomic mass is 9.95. The lowest BCUT2D eigenvalue weighted by molar-refractivity contribution is -0.134. The highest BCUT2D eigenvalue weighted by atomic mass is 16.5. The normalized spacial score (nSPS) is 19.6. The number of rotatable bonds is 5. The smallest absolute Gasteiger partial charge is 0.257 e. The summed E-state index contributed by atoms with van der Waals surface area (Å²) in [6, 6.07) is 14.3. The van der Waals surface area contributed by atoms with E-state index in [2.05, 4.69) is 43.0 Å². The van der Waals surface area contributed by atoms with Crippen LogP contribution in [-0.4, -0.2) is 48.3 Å². The Hall–Kier alpha value is -2.66. The molecule has 2 aliphatic heterocycles. The summed E-state index contributed by atoms with van der Waals surface area (Å²) in [5.41, 5.74) is 5.60. The maximum absolute atomic E-state index is 13.3. The van der Waals surface area contributed by atoms with Crippen molar-refractivity contribution in [2.45, 2.75) is 45.6 Å². The zero-order valence-corrected chi connectivity index (χ0v) is 18.2. The number of methoxy groups -OCH3 is 1. The van der Waals surface area contributed by atoms with Gasteiger partial charge in [-0.2, -0.15) is 5.10 Å². The lowest BCUT2D eigenvalue weighted by Crippen LogP contribution is -2.40. The van der Waals surface area contributed by atoms with Crippen molar-refractivity contribution in [3.8, 4) is 5.75 Å². The average Bonchev–Trinajstić information content (AvgIpc) is 3.20. The number of piperidine rings is 1. The quantitative estimate of drug-likeness (QED) is 0.737. The fraction of sp³-hybridized carbons (Fsp3) is 0.440. The number of hydrogen-bond acceptors (Lipinski definition) is 4. The molecule has 0 aromatic heterocycles. The molecule has 1 atom stereocenters. The third kappa shape index (κ3) is 4.41. The van der Waals surface area contributed by atoms with Crippen LogP contribution < -0.4 is 4.74 Å². The number of benzene rings is 2. The first-order chi connectivity index (χ1) is 14.5. The van der Waals surface area contributed by atoms with Crippen molar-refractivity contribution in [1.29, 1.82) is 0 Å². The minimum Gasteiger partial charge on any atom is -0.497 e. The molecule has 0 spiro atoms. The zero-order chi connectivity index (χ0) is 21.1. The van der Waals surface area contributed by atoms with Gasteiger partial charge in [-0.15, -0.1) is 0 Å². The molecule has 1 unspecified atom stereocenters. The van der Waals surface area contributed by atoms with Gasteiger partial charge in [0.15, 0.2) is 0 Å². The largest absolute Gasteiger partial charge is 0.497 e. The Morgan fingerprint density at radius 1 is 1.10 bits per heavy atom. The van der Waals surface area contributed by atoms with Crippen molar-refractivity contribution in [3.05, 3.63) is 64.7 Å². The average molecular weight is 406 g/mol. The number of hydrogen-bond donors (Lipinski definition) is 0. The Labute approximate surface area is 179 Å². The Morgan fingerprint density at radius 3 is 2.63 bits per heavy atom. The number of carbonyl (C=O) groups excluding carboxylic acids is 1. The van der Waals surface area contributed by atoms with Gasteiger partial charge in [0.25, 0.3) is 5.91 Å². The topological polar surface area (TPSA) is 45.1 Å². The van der Waals surface area contributed by atoms with E-state index in [1.807, 2.05) is 18.2 Å². The molecule has 5 heteroatoms. The van der Waals surface area contributed by atoms with Crippen LogP contribution in [0.5, 0.6) is 5.75 Å². The summed E-state index contributed by atoms with van der Waals surface area (Å²) >= 11 is 0. The Kier molecular flexibility index (Phi) is 6.18. The zero-order valence-electron chi connectivity index (χ0n) is 18.2. The number of amides is 1. The van der Waals surface area contributed by atoms with Gasteiger partial charge < -0.3 is 4.74 Å². The molecule has 0 saturated carbocycles. The van der Waals surface area contributed by atoms with Crippen LogP contribution in [0.1, 0.15) is 54.0 Å². The summed E-state index contributed by atoms with van der Waals surface area (Å²) < 4.78 is 5.43. The molecule has 2 aliphatic rings. The van der Waals surface area contributed by atoms with E-state index in [4.69, 9.17) is 9.84 Å². The summed E-state index contributed by atoms with van der Waals surface area (Å²) in [6.07, 6.45) is 4.31. The summed E-state index contributed by atoms with van der Waals surface area (Å²) in [6.45, 7) is 6.64. The van der Waals surface area contributed by atoms with Gasteiger partial charge in [-0.3, -0.25) is 9.69 Å². The fourth-order valence-corrected chi connectivity index (χ4v) is 4.53. The molecule has 2 heterocycles. The Bertz CT molecular complexity index is 947. The van der Waals surface area contributed by atoms with Crippen molar-refractivity contribution in [1.82, 2.24) is 9.91 Å². The predicted octanol–water partition coefficient (Wildman–Crippen LogP) is 4.48. The van der Waals surface area contributed by atoms with Crippen LogP contribution >= 0.6 is 0 Å². The minimum atomic E-state index is -0.104. The fourth-order valence-electron chi connectivity index (χ4n) is 4.53. The van der Waals surface area contributed by atoms with Crippen LogP contribution in [0, 0.1) is 13.8 Å². The number of likely N-dealkylation sites (tertiary alicyclic amines) is 1. The Morgan fingerprint density at radius 2 is 1.90 bits per heavy atom. The molecule has 4 rings (SSSR count). The van der Waals surface area contributed by atoms with Gasteiger partial charge >= 0.3 is 0 Å². The van der Waals surface area contributed by atoms with Crippen molar-refractivity contribution in [3.63, 3.8) is 0 Å². The minimum absolute atomic E-state index is 0.0736. The molecule has 0 radical (unpaired) electrons. The van der Waals surface area contributed by atoms with Crippen LogP contribution in [0.2, 0.25) is 0 Å². The molecular weight excluding hydrogens is 374 g/mol. The van der Waals surface area contributed by atoms with Gasteiger partial charge in [-0.25, -0.2) is 5.01 Å². The Balaban J connectivity index is 1.64. The number of carbonyl (C=O) groups is 1. The highest BCUT2D eigenvalue weighted by molar-refractivity contribution is 6.04. The molecule has 2 aromatic rings. The maximum Gasteiger partial charge on any atom is 0.257 e. The number of nitrogens with zero attached hydrogens (tertiary/aromatic N) is 3. The second-order valence-corrected chi connectivity index (χ2v) is 8.44. The highest BCUT2D eigenvalue weighted by Crippen LogP contribution is 2.35. The van der Waals surface area contributed by atoms with Gasteiger partial charge in [0.2, 0.25) is 0 Å². The van der Waals surface area contributed by atoms with E-state index in [1.54, 1.807) is 12.1 Å². The SMILES string of the molecule is COc1cccc(C2CC(c3ccc(C)cc3C)=NN2C(=O)CN2CCCCC2)c1. The maximum atomic E-state index is 13.3. The van der Waals surface area contributed by atoms with E-state index in [1.165, 1.54) is 30.4 Å². The predicted molar refractivity (Wildman–Crippen MR) is 120 cm³/mol. The van der Waals surface area contributed by atoms with E-state index in [0.29, 0.717) is 13.0 Å². The van der Waals surface area contributed by atoms with Gasteiger partial charge in [0.05, 0.1) is 25.4 Å². The molecule has 158 valence electrons. The standard InChI is InChI=1S/C25H31N3O2/c1-18-10-11-22(19(2)14-18)23-16-24(20-8-7-9-21(15-20)30-3)28(26-23)25(29)17-27-12-5-4-6-13-27/h7-11,14-15,24H,4-6,12-13,16-17H2,1-3H3. The molecule has 30 heavy (non-hydrogen) atoms. The second-order valence-electron chi connectivity index (χ2n) is 8.44. The van der Waals surface area contributed by atoms with Crippen LogP contribution in [0.3, 0.4) is 0 Å². The van der Waals surface area contributed by atoms with Gasteiger partial charge in [-0.05, 0) is 63.0 Å². The third-order valence-electron chi connectivity index (χ3n) is 6.14. The van der Waals surface area contributed by atoms with Crippen LogP contribution in [0.25, 0.3) is 0 Å². The van der Waals surface area contributed by atoms with Crippen molar-refractivity contribution in [2.75, 3.05) is 26.7 Å². The second kappa shape index (κ2) is 9.00. The van der Waals surface area contributed by atoms with E-state index >= 15 is 0 Å². The first kappa shape index (κ1) is 20.6. The van der Waals surface area contributed by atoms with Crippen LogP contribution in [0.15, 0.2) is 47.6 Å². The van der Waals surface area contributed by atoms with Gasteiger partial charge in [0.1, 0.15) is 5.75 Å². The van der Waals surface area contributed by atoms with E-state index in [0.717, 1.165) is 35.7 Å². The van der Waals surface area contributed by atoms with E-state index in [-0.39, 0.29) is 11.9 Å². The molecule has 0 N–H and O–H groups in total. The summed E-state index contributed by atoms with van der Waals surface area (Å²) in [5, 5.41) is 6.58. The number of aryl methyl sites for hydroxylation is 2. The lowest BCUT2D eigenvalue weighted by Gasteiger charge is -2.29. The first-order valence-electron chi connectivity index (χ1n) is 10.9. The summed E-state index contributed by atoms with van der Waals surface area (Å²) in [5.74, 6) is 0.875. The van der Waals surface area contributed by atoms with E-state index < -0.39 is 0 Å². The number of hydrazone groups is 1. The van der Waals surface area contributed by atoms with Crippen molar-refractivity contribution < 1.29 is 9.53 Å². The van der Waals surface area contributed by atoms with Gasteiger partial charge in [-0.1, -0.05) is 42.3 Å². The summed E-state index contributed by atoms with van der Waals surface area (Å²) in [4.78, 5) is 15.6. The monoisotopic (exact) mass is 405 g/mol. The molecule has 0 bridgehead atoms. The van der Waals surface area contributed by atoms with E-state index in [9.17, 15) is 4.79 Å². The first-order valence-corrected chi connectivity index (χ1v) is 10.9.